The maximum Gasteiger partial charge on any atom is 0.668 e. The van der Waals surface area contributed by atoms with Crippen molar-refractivity contribution in [2.75, 3.05) is 0 Å². The lowest BCUT2D eigenvalue weighted by molar-refractivity contribution is 0.117. The van der Waals surface area contributed by atoms with E-state index in [1.807, 2.05) is 0 Å². The van der Waals surface area contributed by atoms with Crippen LogP contribution in [0.2, 0.25) is 0 Å². The molecular weight excluding hydrogens is 260 g/mol. The van der Waals surface area contributed by atoms with E-state index < -0.39 is 9.05 Å². The van der Waals surface area contributed by atoms with E-state index in [-0.39, 0.29) is 0 Å². The van der Waals surface area contributed by atoms with Gasteiger partial charge in [-0.15, -0.1) is 0 Å². The van der Waals surface area contributed by atoms with Crippen LogP contribution in [0.15, 0.2) is 60.7 Å². The van der Waals surface area contributed by atoms with Gasteiger partial charge in [-0.1, -0.05) is 60.7 Å². The Labute approximate surface area is 111 Å². The van der Waals surface area contributed by atoms with Crippen molar-refractivity contribution < 1.29 is 19.2 Å². The predicted molar refractivity (Wildman–Crippen MR) is 76.1 cm³/mol. The Morgan fingerprint density at radius 1 is 0.526 bits per heavy atom. The SMILES string of the molecule is O[Si](O)(O)O.c1ccc2c(c1)ccc1ccccc12. The molecule has 0 bridgehead atoms. The largest absolute Gasteiger partial charge is 0.668 e. The molecule has 4 nitrogen and oxygen atoms in total. The lowest BCUT2D eigenvalue weighted by Crippen LogP contribution is -2.33. The van der Waals surface area contributed by atoms with E-state index in [0.717, 1.165) is 0 Å². The first-order valence-electron chi connectivity index (χ1n) is 5.71. The molecule has 3 aromatic carbocycles. The van der Waals surface area contributed by atoms with Gasteiger partial charge in [-0.2, -0.15) is 0 Å². The third kappa shape index (κ3) is 3.85. The van der Waals surface area contributed by atoms with Crippen LogP contribution in [0, 0.1) is 0 Å². The highest BCUT2D eigenvalue weighted by molar-refractivity contribution is 6.46. The van der Waals surface area contributed by atoms with Gasteiger partial charge in [0.15, 0.2) is 0 Å². The molecule has 0 saturated carbocycles. The van der Waals surface area contributed by atoms with Crippen molar-refractivity contribution in [1.82, 2.24) is 0 Å². The number of rotatable bonds is 0. The van der Waals surface area contributed by atoms with E-state index in [4.69, 9.17) is 19.2 Å². The van der Waals surface area contributed by atoms with Crippen molar-refractivity contribution in [3.8, 4) is 0 Å². The van der Waals surface area contributed by atoms with Gasteiger partial charge in [0, 0.05) is 0 Å². The van der Waals surface area contributed by atoms with Crippen molar-refractivity contribution in [3.05, 3.63) is 60.7 Å². The predicted octanol–water partition coefficient (Wildman–Crippen LogP) is 1.38. The van der Waals surface area contributed by atoms with Crippen molar-refractivity contribution >= 4 is 30.6 Å². The molecule has 0 amide bonds. The number of hydrogen-bond donors (Lipinski definition) is 4. The molecule has 0 aromatic heterocycles. The van der Waals surface area contributed by atoms with Crippen molar-refractivity contribution in [2.45, 2.75) is 0 Å². The van der Waals surface area contributed by atoms with Crippen LogP contribution in [0.5, 0.6) is 0 Å². The van der Waals surface area contributed by atoms with Gasteiger partial charge in [0.05, 0.1) is 0 Å². The van der Waals surface area contributed by atoms with Crippen molar-refractivity contribution in [2.24, 2.45) is 0 Å². The molecule has 0 atom stereocenters. The highest BCUT2D eigenvalue weighted by Gasteiger charge is 2.22. The number of fused-ring (bicyclic) bond motifs is 3. The van der Waals surface area contributed by atoms with E-state index in [9.17, 15) is 0 Å². The second kappa shape index (κ2) is 5.48. The normalized spacial score (nSPS) is 11.2. The van der Waals surface area contributed by atoms with E-state index in [1.54, 1.807) is 0 Å². The zero-order valence-electron chi connectivity index (χ0n) is 10.1. The molecule has 0 saturated heterocycles. The molecular formula is C14H14O4Si. The maximum absolute atomic E-state index is 7.33. The third-order valence-corrected chi connectivity index (χ3v) is 2.65. The lowest BCUT2D eigenvalue weighted by atomic mass is 10.0. The minimum Gasteiger partial charge on any atom is -0.368 e. The van der Waals surface area contributed by atoms with Gasteiger partial charge in [-0.05, 0) is 21.5 Å². The van der Waals surface area contributed by atoms with Crippen molar-refractivity contribution in [3.63, 3.8) is 0 Å². The molecule has 0 radical (unpaired) electrons. The number of hydrogen-bond acceptors (Lipinski definition) is 4. The first kappa shape index (κ1) is 13.7. The quantitative estimate of drug-likeness (QED) is 0.369. The summed E-state index contributed by atoms with van der Waals surface area (Å²) in [6, 6.07) is 21.4. The van der Waals surface area contributed by atoms with Gasteiger partial charge in [0.1, 0.15) is 0 Å². The maximum atomic E-state index is 7.33. The van der Waals surface area contributed by atoms with Crippen LogP contribution in [0.1, 0.15) is 0 Å². The van der Waals surface area contributed by atoms with Gasteiger partial charge in [0.25, 0.3) is 0 Å². The molecule has 4 N–H and O–H groups in total. The van der Waals surface area contributed by atoms with Crippen molar-refractivity contribution in [1.29, 1.82) is 0 Å². The summed E-state index contributed by atoms with van der Waals surface area (Å²) in [5, 5.41) is 5.30. The van der Waals surface area contributed by atoms with Crippen LogP contribution in [0.3, 0.4) is 0 Å². The zero-order chi connectivity index (χ0) is 13.9. The molecule has 0 aliphatic rings. The minimum atomic E-state index is -4.61. The standard InChI is InChI=1S/C14H10.H4O4Si/c1-3-7-13-11(5-1)9-10-12-6-2-4-8-14(12)13;1-5(2,3)4/h1-10H;1-4H. The molecule has 3 rings (SSSR count). The fourth-order valence-corrected chi connectivity index (χ4v) is 1.95. The Bertz CT molecular complexity index is 631. The monoisotopic (exact) mass is 274 g/mol. The van der Waals surface area contributed by atoms with E-state index in [2.05, 4.69) is 60.7 Å². The van der Waals surface area contributed by atoms with Crippen LogP contribution in [0.25, 0.3) is 21.5 Å². The lowest BCUT2D eigenvalue weighted by Gasteiger charge is -2.02. The zero-order valence-corrected chi connectivity index (χ0v) is 11.1. The highest BCUT2D eigenvalue weighted by atomic mass is 28.4. The average Bonchev–Trinajstić information content (AvgIpc) is 2.37. The topological polar surface area (TPSA) is 80.9 Å². The van der Waals surface area contributed by atoms with Gasteiger partial charge >= 0.3 is 9.05 Å². The van der Waals surface area contributed by atoms with E-state index in [0.29, 0.717) is 0 Å². The molecule has 19 heavy (non-hydrogen) atoms. The van der Waals surface area contributed by atoms with Crippen LogP contribution in [0.4, 0.5) is 0 Å². The smallest absolute Gasteiger partial charge is 0.368 e. The van der Waals surface area contributed by atoms with Crippen LogP contribution in [-0.2, 0) is 0 Å². The molecule has 0 heterocycles. The molecule has 5 heteroatoms. The summed E-state index contributed by atoms with van der Waals surface area (Å²) in [4.78, 5) is 29.3. The summed E-state index contributed by atoms with van der Waals surface area (Å²) in [7, 11) is -4.61. The Kier molecular flexibility index (Phi) is 3.94. The summed E-state index contributed by atoms with van der Waals surface area (Å²) < 4.78 is 0. The van der Waals surface area contributed by atoms with Crippen LogP contribution >= 0.6 is 0 Å². The summed E-state index contributed by atoms with van der Waals surface area (Å²) >= 11 is 0. The molecule has 3 aromatic rings. The first-order chi connectivity index (χ1) is 8.95. The van der Waals surface area contributed by atoms with E-state index in [1.165, 1.54) is 21.5 Å². The first-order valence-corrected chi connectivity index (χ1v) is 7.50. The Morgan fingerprint density at radius 2 is 0.842 bits per heavy atom. The van der Waals surface area contributed by atoms with Gasteiger partial charge in [0.2, 0.25) is 0 Å². The summed E-state index contributed by atoms with van der Waals surface area (Å²) in [6.07, 6.45) is 0. The van der Waals surface area contributed by atoms with Crippen LogP contribution < -0.4 is 0 Å². The fraction of sp³-hybridized carbons (Fsp3) is 0. The Hall–Kier alpha value is -1.76. The second-order valence-electron chi connectivity index (χ2n) is 4.11. The highest BCUT2D eigenvalue weighted by Crippen LogP contribution is 2.24. The summed E-state index contributed by atoms with van der Waals surface area (Å²) in [5.74, 6) is 0. The fourth-order valence-electron chi connectivity index (χ4n) is 1.95. The van der Waals surface area contributed by atoms with E-state index >= 15 is 0 Å². The molecule has 0 aliphatic heterocycles. The molecule has 0 unspecified atom stereocenters. The molecule has 0 aliphatic carbocycles. The van der Waals surface area contributed by atoms with Crippen LogP contribution in [-0.4, -0.2) is 28.2 Å². The molecule has 0 spiro atoms. The number of benzene rings is 3. The summed E-state index contributed by atoms with van der Waals surface area (Å²) in [5.41, 5.74) is 0. The molecule has 0 fully saturated rings. The minimum absolute atomic E-state index is 1.31. The second-order valence-corrected chi connectivity index (χ2v) is 5.31. The van der Waals surface area contributed by atoms with Gasteiger partial charge < -0.3 is 19.2 Å². The molecule has 98 valence electrons. The summed E-state index contributed by atoms with van der Waals surface area (Å²) in [6.45, 7) is 0. The Morgan fingerprint density at radius 3 is 1.21 bits per heavy atom. The third-order valence-electron chi connectivity index (χ3n) is 2.65. The Balaban J connectivity index is 0.000000232. The van der Waals surface area contributed by atoms with Gasteiger partial charge in [-0.3, -0.25) is 0 Å². The van der Waals surface area contributed by atoms with Gasteiger partial charge in [-0.25, -0.2) is 0 Å². The average molecular weight is 274 g/mol.